The molecule has 162 valence electrons. The Hall–Kier alpha value is -3.17. The third-order valence-electron chi connectivity index (χ3n) is 7.17. The summed E-state index contributed by atoms with van der Waals surface area (Å²) in [7, 11) is 0. The number of hydrogen-bond acceptors (Lipinski definition) is 5. The molecule has 2 aliphatic carbocycles. The monoisotopic (exact) mass is 429 g/mol. The predicted molar refractivity (Wildman–Crippen MR) is 117 cm³/mol. The number of aliphatic hydroxyl groups is 1. The molecule has 0 bridgehead atoms. The maximum absolute atomic E-state index is 13.8. The van der Waals surface area contributed by atoms with Crippen molar-refractivity contribution in [1.29, 1.82) is 5.26 Å². The highest BCUT2D eigenvalue weighted by Gasteiger charge is 2.49. The van der Waals surface area contributed by atoms with E-state index in [0.717, 1.165) is 34.9 Å². The Kier molecular flexibility index (Phi) is 5.22. The quantitative estimate of drug-likeness (QED) is 0.646. The standard InChI is InChI=1S/C26H24FN3O2/c27-20-2-4-25-24(10-20)23(5-6-29-25)17-8-18-11-26(32,12-19(18)9-17)13-22(31)7-16-1-3-21(14-28)30-15-16/h1-6,10,15,17-19,32H,7-9,11-13H2/t17?,18-,19+,26?. The molecule has 5 nitrogen and oxygen atoms in total. The Morgan fingerprint density at radius 2 is 1.94 bits per heavy atom. The maximum Gasteiger partial charge on any atom is 0.140 e. The van der Waals surface area contributed by atoms with Gasteiger partial charge in [-0.05, 0) is 84.9 Å². The van der Waals surface area contributed by atoms with Crippen LogP contribution < -0.4 is 0 Å². The smallest absolute Gasteiger partial charge is 0.140 e. The first kappa shape index (κ1) is 20.7. The summed E-state index contributed by atoms with van der Waals surface area (Å²) in [6.45, 7) is 0. The molecule has 2 heterocycles. The van der Waals surface area contributed by atoms with Crippen LogP contribution in [-0.2, 0) is 11.2 Å². The van der Waals surface area contributed by atoms with Crippen LogP contribution in [0.1, 0.15) is 54.8 Å². The fourth-order valence-corrected chi connectivity index (χ4v) is 5.92. The van der Waals surface area contributed by atoms with E-state index < -0.39 is 5.60 Å². The number of pyridine rings is 2. The van der Waals surface area contributed by atoms with Gasteiger partial charge in [-0.3, -0.25) is 9.78 Å². The zero-order valence-corrected chi connectivity index (χ0v) is 17.7. The number of aromatic nitrogens is 2. The van der Waals surface area contributed by atoms with Gasteiger partial charge in [-0.15, -0.1) is 0 Å². The van der Waals surface area contributed by atoms with Crippen LogP contribution in [0.15, 0.2) is 48.8 Å². The van der Waals surface area contributed by atoms with Gasteiger partial charge in [0.1, 0.15) is 23.4 Å². The van der Waals surface area contributed by atoms with Crippen molar-refractivity contribution >= 4 is 16.7 Å². The molecular formula is C26H24FN3O2. The van der Waals surface area contributed by atoms with E-state index in [1.165, 1.54) is 6.07 Å². The fourth-order valence-electron chi connectivity index (χ4n) is 5.92. The number of rotatable bonds is 5. The number of fused-ring (bicyclic) bond motifs is 2. The van der Waals surface area contributed by atoms with Crippen molar-refractivity contribution in [3.05, 3.63) is 71.4 Å². The summed E-state index contributed by atoms with van der Waals surface area (Å²) in [6.07, 6.45) is 6.84. The molecular weight excluding hydrogens is 405 g/mol. The van der Waals surface area contributed by atoms with E-state index in [1.54, 1.807) is 36.7 Å². The SMILES string of the molecule is N#Cc1ccc(CC(=O)CC2(O)C[C@H]3CC(c4ccnc5ccc(F)cc45)C[C@H]3C2)cn1. The van der Waals surface area contributed by atoms with Gasteiger partial charge in [-0.25, -0.2) is 9.37 Å². The molecule has 2 saturated carbocycles. The molecule has 2 aromatic heterocycles. The molecule has 32 heavy (non-hydrogen) atoms. The molecule has 0 amide bonds. The zero-order valence-electron chi connectivity index (χ0n) is 17.7. The van der Waals surface area contributed by atoms with Crippen LogP contribution >= 0.6 is 0 Å². The van der Waals surface area contributed by atoms with Crippen LogP contribution in [0.2, 0.25) is 0 Å². The van der Waals surface area contributed by atoms with Gasteiger partial charge in [-0.1, -0.05) is 6.07 Å². The lowest BCUT2D eigenvalue weighted by Crippen LogP contribution is -2.30. The number of hydrogen-bond donors (Lipinski definition) is 1. The van der Waals surface area contributed by atoms with Crippen LogP contribution in [0.5, 0.6) is 0 Å². The molecule has 0 aliphatic heterocycles. The van der Waals surface area contributed by atoms with Crippen molar-refractivity contribution in [3.8, 4) is 6.07 Å². The molecule has 0 radical (unpaired) electrons. The van der Waals surface area contributed by atoms with Crippen molar-refractivity contribution in [3.63, 3.8) is 0 Å². The lowest BCUT2D eigenvalue weighted by atomic mass is 9.86. The summed E-state index contributed by atoms with van der Waals surface area (Å²) >= 11 is 0. The highest BCUT2D eigenvalue weighted by Crippen LogP contribution is 2.55. The van der Waals surface area contributed by atoms with Crippen molar-refractivity contribution in [1.82, 2.24) is 9.97 Å². The highest BCUT2D eigenvalue weighted by atomic mass is 19.1. The normalized spacial score (nSPS) is 26.7. The molecule has 5 rings (SSSR count). The predicted octanol–water partition coefficient (Wildman–Crippen LogP) is 4.48. The fraction of sp³-hybridized carbons (Fsp3) is 0.385. The van der Waals surface area contributed by atoms with Gasteiger partial charge in [0.15, 0.2) is 0 Å². The number of carbonyl (C=O) groups is 1. The largest absolute Gasteiger partial charge is 0.389 e. The van der Waals surface area contributed by atoms with Gasteiger partial charge in [0.25, 0.3) is 0 Å². The Morgan fingerprint density at radius 3 is 2.62 bits per heavy atom. The van der Waals surface area contributed by atoms with Crippen LogP contribution in [0.4, 0.5) is 4.39 Å². The molecule has 0 spiro atoms. The van der Waals surface area contributed by atoms with Crippen LogP contribution in [0, 0.1) is 29.0 Å². The first-order chi connectivity index (χ1) is 15.4. The topological polar surface area (TPSA) is 86.9 Å². The summed E-state index contributed by atoms with van der Waals surface area (Å²) in [5.41, 5.74) is 2.07. The van der Waals surface area contributed by atoms with Crippen molar-refractivity contribution in [2.24, 2.45) is 11.8 Å². The van der Waals surface area contributed by atoms with E-state index in [0.29, 0.717) is 36.3 Å². The van der Waals surface area contributed by atoms with Crippen LogP contribution in [-0.4, -0.2) is 26.5 Å². The van der Waals surface area contributed by atoms with Gasteiger partial charge in [0.2, 0.25) is 0 Å². The Balaban J connectivity index is 1.24. The third kappa shape index (κ3) is 4.01. The average molecular weight is 429 g/mol. The van der Waals surface area contributed by atoms with E-state index in [-0.39, 0.29) is 24.4 Å². The maximum atomic E-state index is 13.8. The van der Waals surface area contributed by atoms with E-state index in [2.05, 4.69) is 9.97 Å². The average Bonchev–Trinajstić information content (AvgIpc) is 3.28. The van der Waals surface area contributed by atoms with Crippen molar-refractivity contribution in [2.45, 2.75) is 50.0 Å². The molecule has 0 saturated heterocycles. The lowest BCUT2D eigenvalue weighted by Gasteiger charge is -2.24. The molecule has 4 atom stereocenters. The minimum absolute atomic E-state index is 0.00821. The first-order valence-corrected chi connectivity index (χ1v) is 11.1. The highest BCUT2D eigenvalue weighted by molar-refractivity contribution is 5.83. The lowest BCUT2D eigenvalue weighted by molar-refractivity contribution is -0.123. The summed E-state index contributed by atoms with van der Waals surface area (Å²) in [5, 5.41) is 20.9. The van der Waals surface area contributed by atoms with E-state index >= 15 is 0 Å². The number of ketones is 1. The van der Waals surface area contributed by atoms with Gasteiger partial charge in [-0.2, -0.15) is 5.26 Å². The minimum Gasteiger partial charge on any atom is -0.389 e. The van der Waals surface area contributed by atoms with Gasteiger partial charge >= 0.3 is 0 Å². The molecule has 1 aromatic carbocycles. The van der Waals surface area contributed by atoms with Gasteiger partial charge in [0, 0.05) is 30.6 Å². The number of carbonyl (C=O) groups excluding carboxylic acids is 1. The van der Waals surface area contributed by atoms with Crippen LogP contribution in [0.25, 0.3) is 10.9 Å². The first-order valence-electron chi connectivity index (χ1n) is 11.1. The van der Waals surface area contributed by atoms with Gasteiger partial charge in [0.05, 0.1) is 11.1 Å². The minimum atomic E-state index is -0.955. The van der Waals surface area contributed by atoms with Crippen molar-refractivity contribution < 1.29 is 14.3 Å². The third-order valence-corrected chi connectivity index (χ3v) is 7.17. The van der Waals surface area contributed by atoms with Crippen molar-refractivity contribution in [2.75, 3.05) is 0 Å². The second kappa shape index (κ2) is 8.07. The summed E-state index contributed by atoms with van der Waals surface area (Å²) in [5.74, 6) is 0.793. The number of nitriles is 1. The van der Waals surface area contributed by atoms with E-state index in [1.807, 2.05) is 12.1 Å². The van der Waals surface area contributed by atoms with Gasteiger partial charge < -0.3 is 5.11 Å². The Morgan fingerprint density at radius 1 is 1.16 bits per heavy atom. The molecule has 2 fully saturated rings. The number of benzene rings is 1. The molecule has 3 aromatic rings. The Labute approximate surface area is 185 Å². The number of Topliss-reactive ketones (excluding diaryl/α,β-unsaturated/α-hetero) is 1. The molecule has 2 unspecified atom stereocenters. The molecule has 1 N–H and O–H groups in total. The molecule has 6 heteroatoms. The second-order valence-electron chi connectivity index (χ2n) is 9.44. The summed E-state index contributed by atoms with van der Waals surface area (Å²) in [4.78, 5) is 21.0. The summed E-state index contributed by atoms with van der Waals surface area (Å²) < 4.78 is 13.8. The summed E-state index contributed by atoms with van der Waals surface area (Å²) in [6, 6.07) is 12.0. The Bertz CT molecular complexity index is 1200. The van der Waals surface area contributed by atoms with Crippen LogP contribution in [0.3, 0.4) is 0 Å². The second-order valence-corrected chi connectivity index (χ2v) is 9.44. The number of halogens is 1. The zero-order chi connectivity index (χ0) is 22.3. The van der Waals surface area contributed by atoms with E-state index in [4.69, 9.17) is 5.26 Å². The van der Waals surface area contributed by atoms with E-state index in [9.17, 15) is 14.3 Å². The number of nitrogens with zero attached hydrogens (tertiary/aromatic N) is 3. The molecule has 2 aliphatic rings.